The average molecular weight is 223 g/mol. The molecule has 0 saturated heterocycles. The molecule has 16 heavy (non-hydrogen) atoms. The van der Waals surface area contributed by atoms with Gasteiger partial charge in [0, 0.05) is 0 Å². The topological polar surface area (TPSA) is 104 Å². The standard InChI is InChI=1S/C10H13N3O3/c1-6-2-3-7(11)8(4-6)13-10(16)12-5-9(14)15/h2-4H,5,11H2,1H3,(H,14,15)(H2,12,13,16). The summed E-state index contributed by atoms with van der Waals surface area (Å²) >= 11 is 0. The maximum Gasteiger partial charge on any atom is 0.323 e. The van der Waals surface area contributed by atoms with Crippen molar-refractivity contribution in [3.63, 3.8) is 0 Å². The van der Waals surface area contributed by atoms with E-state index in [2.05, 4.69) is 10.6 Å². The van der Waals surface area contributed by atoms with Crippen molar-refractivity contribution in [2.45, 2.75) is 6.92 Å². The molecule has 0 spiro atoms. The summed E-state index contributed by atoms with van der Waals surface area (Å²) in [6, 6.07) is 4.59. The Kier molecular flexibility index (Phi) is 3.71. The number of carbonyl (C=O) groups is 2. The van der Waals surface area contributed by atoms with Gasteiger partial charge in [-0.05, 0) is 24.6 Å². The predicted molar refractivity (Wildman–Crippen MR) is 60.2 cm³/mol. The number of nitrogen functional groups attached to an aromatic ring is 1. The molecule has 0 radical (unpaired) electrons. The lowest BCUT2D eigenvalue weighted by atomic mass is 10.2. The van der Waals surface area contributed by atoms with Crippen molar-refractivity contribution >= 4 is 23.4 Å². The second kappa shape index (κ2) is 5.01. The summed E-state index contributed by atoms with van der Waals surface area (Å²) in [6.07, 6.45) is 0. The highest BCUT2D eigenvalue weighted by Gasteiger charge is 2.06. The van der Waals surface area contributed by atoms with E-state index in [9.17, 15) is 9.59 Å². The minimum Gasteiger partial charge on any atom is -0.480 e. The molecule has 86 valence electrons. The van der Waals surface area contributed by atoms with Crippen LogP contribution in [0.4, 0.5) is 16.2 Å². The van der Waals surface area contributed by atoms with Gasteiger partial charge in [0.2, 0.25) is 0 Å². The highest BCUT2D eigenvalue weighted by molar-refractivity contribution is 5.94. The van der Waals surface area contributed by atoms with Gasteiger partial charge in [-0.25, -0.2) is 4.79 Å². The predicted octanol–water partition coefficient (Wildman–Crippen LogP) is 0.783. The normalized spacial score (nSPS) is 9.56. The van der Waals surface area contributed by atoms with Gasteiger partial charge in [-0.15, -0.1) is 0 Å². The molecule has 5 N–H and O–H groups in total. The fraction of sp³-hybridized carbons (Fsp3) is 0.200. The van der Waals surface area contributed by atoms with Crippen LogP contribution in [0, 0.1) is 6.92 Å². The number of carbonyl (C=O) groups excluding carboxylic acids is 1. The number of carboxylic acids is 1. The van der Waals surface area contributed by atoms with Crippen LogP contribution in [0.2, 0.25) is 0 Å². The summed E-state index contributed by atoms with van der Waals surface area (Å²) in [7, 11) is 0. The van der Waals surface area contributed by atoms with Crippen LogP contribution >= 0.6 is 0 Å². The van der Waals surface area contributed by atoms with Gasteiger partial charge in [0.25, 0.3) is 0 Å². The molecule has 0 bridgehead atoms. The number of aliphatic carboxylic acids is 1. The molecule has 1 rings (SSSR count). The number of urea groups is 1. The first kappa shape index (κ1) is 11.8. The molecule has 6 heteroatoms. The number of carboxylic acid groups (broad SMARTS) is 1. The zero-order valence-corrected chi connectivity index (χ0v) is 8.78. The van der Waals surface area contributed by atoms with E-state index < -0.39 is 18.5 Å². The van der Waals surface area contributed by atoms with E-state index >= 15 is 0 Å². The first-order valence-electron chi connectivity index (χ1n) is 4.62. The Balaban J connectivity index is 2.62. The number of nitrogens with two attached hydrogens (primary N) is 1. The first-order chi connectivity index (χ1) is 7.49. The van der Waals surface area contributed by atoms with Crippen LogP contribution in [0.3, 0.4) is 0 Å². The van der Waals surface area contributed by atoms with Gasteiger partial charge in [-0.1, -0.05) is 6.07 Å². The molecule has 6 nitrogen and oxygen atoms in total. The summed E-state index contributed by atoms with van der Waals surface area (Å²) < 4.78 is 0. The number of aryl methyl sites for hydroxylation is 1. The number of hydrogen-bond donors (Lipinski definition) is 4. The minimum atomic E-state index is -1.10. The second-order valence-electron chi connectivity index (χ2n) is 3.29. The average Bonchev–Trinajstić information content (AvgIpc) is 2.20. The monoisotopic (exact) mass is 223 g/mol. The van der Waals surface area contributed by atoms with Gasteiger partial charge in [0.15, 0.2) is 0 Å². The Labute approximate surface area is 92.4 Å². The molecule has 0 aliphatic carbocycles. The largest absolute Gasteiger partial charge is 0.480 e. The molecular formula is C10H13N3O3. The van der Waals surface area contributed by atoms with E-state index in [0.29, 0.717) is 11.4 Å². The zero-order chi connectivity index (χ0) is 12.1. The second-order valence-corrected chi connectivity index (χ2v) is 3.29. The third kappa shape index (κ3) is 3.49. The highest BCUT2D eigenvalue weighted by Crippen LogP contribution is 2.19. The smallest absolute Gasteiger partial charge is 0.323 e. The first-order valence-corrected chi connectivity index (χ1v) is 4.62. The fourth-order valence-corrected chi connectivity index (χ4v) is 1.10. The lowest BCUT2D eigenvalue weighted by molar-refractivity contribution is -0.135. The molecule has 0 atom stereocenters. The molecule has 2 amide bonds. The minimum absolute atomic E-state index is 0.427. The molecule has 0 aliphatic heterocycles. The molecule has 0 unspecified atom stereocenters. The number of nitrogens with one attached hydrogen (secondary N) is 2. The number of rotatable bonds is 3. The quantitative estimate of drug-likeness (QED) is 0.568. The lowest BCUT2D eigenvalue weighted by Crippen LogP contribution is -2.33. The van der Waals surface area contributed by atoms with Crippen molar-refractivity contribution in [1.29, 1.82) is 0 Å². The van der Waals surface area contributed by atoms with Crippen molar-refractivity contribution < 1.29 is 14.7 Å². The van der Waals surface area contributed by atoms with E-state index in [1.807, 2.05) is 13.0 Å². The van der Waals surface area contributed by atoms with Crippen molar-refractivity contribution in [2.75, 3.05) is 17.6 Å². The Hall–Kier alpha value is -2.24. The third-order valence-corrected chi connectivity index (χ3v) is 1.86. The van der Waals surface area contributed by atoms with Crippen LogP contribution < -0.4 is 16.4 Å². The van der Waals surface area contributed by atoms with Crippen molar-refractivity contribution in [1.82, 2.24) is 5.32 Å². The van der Waals surface area contributed by atoms with Gasteiger partial charge in [0.1, 0.15) is 6.54 Å². The summed E-state index contributed by atoms with van der Waals surface area (Å²) in [5.74, 6) is -1.10. The Bertz CT molecular complexity index is 418. The number of amides is 2. The van der Waals surface area contributed by atoms with E-state index in [4.69, 9.17) is 10.8 Å². The molecule has 0 aliphatic rings. The van der Waals surface area contributed by atoms with E-state index in [1.165, 1.54) is 0 Å². The molecule has 1 aromatic carbocycles. The van der Waals surface area contributed by atoms with E-state index in [-0.39, 0.29) is 0 Å². The number of benzene rings is 1. The number of hydrogen-bond acceptors (Lipinski definition) is 3. The zero-order valence-electron chi connectivity index (χ0n) is 8.78. The van der Waals surface area contributed by atoms with Gasteiger partial charge in [-0.3, -0.25) is 4.79 Å². The molecule has 0 fully saturated rings. The van der Waals surface area contributed by atoms with E-state index in [0.717, 1.165) is 5.56 Å². The lowest BCUT2D eigenvalue weighted by Gasteiger charge is -2.09. The SMILES string of the molecule is Cc1ccc(N)c(NC(=O)NCC(=O)O)c1. The molecule has 0 saturated carbocycles. The Morgan fingerprint density at radius 3 is 2.75 bits per heavy atom. The van der Waals surface area contributed by atoms with E-state index in [1.54, 1.807) is 12.1 Å². The van der Waals surface area contributed by atoms with Crippen LogP contribution in [0.5, 0.6) is 0 Å². The molecular weight excluding hydrogens is 210 g/mol. The van der Waals surface area contributed by atoms with Crippen LogP contribution in [0.1, 0.15) is 5.56 Å². The van der Waals surface area contributed by atoms with Gasteiger partial charge >= 0.3 is 12.0 Å². The molecule has 0 heterocycles. The summed E-state index contributed by atoms with van der Waals surface area (Å²) in [5.41, 5.74) is 7.47. The fourth-order valence-electron chi connectivity index (χ4n) is 1.10. The van der Waals surface area contributed by atoms with Crippen molar-refractivity contribution in [2.24, 2.45) is 0 Å². The summed E-state index contributed by atoms with van der Waals surface area (Å²) in [6.45, 7) is 1.43. The highest BCUT2D eigenvalue weighted by atomic mass is 16.4. The maximum atomic E-state index is 11.2. The van der Waals surface area contributed by atoms with Gasteiger partial charge in [0.05, 0.1) is 11.4 Å². The van der Waals surface area contributed by atoms with Crippen LogP contribution in [0.15, 0.2) is 18.2 Å². The van der Waals surface area contributed by atoms with Crippen LogP contribution in [-0.4, -0.2) is 23.7 Å². The maximum absolute atomic E-state index is 11.2. The third-order valence-electron chi connectivity index (χ3n) is 1.86. The van der Waals surface area contributed by atoms with Crippen molar-refractivity contribution in [3.8, 4) is 0 Å². The molecule has 0 aromatic heterocycles. The van der Waals surface area contributed by atoms with Crippen LogP contribution in [0.25, 0.3) is 0 Å². The Morgan fingerprint density at radius 1 is 1.44 bits per heavy atom. The molecule has 1 aromatic rings. The van der Waals surface area contributed by atoms with Gasteiger partial charge < -0.3 is 21.5 Å². The number of anilines is 2. The Morgan fingerprint density at radius 2 is 2.12 bits per heavy atom. The van der Waals surface area contributed by atoms with Gasteiger partial charge in [-0.2, -0.15) is 0 Å². The summed E-state index contributed by atoms with van der Waals surface area (Å²) in [4.78, 5) is 21.4. The van der Waals surface area contributed by atoms with Crippen LogP contribution in [-0.2, 0) is 4.79 Å². The van der Waals surface area contributed by atoms with Crippen molar-refractivity contribution in [3.05, 3.63) is 23.8 Å². The summed E-state index contributed by atoms with van der Waals surface area (Å²) in [5, 5.41) is 13.0.